The fourth-order valence-corrected chi connectivity index (χ4v) is 3.99. The largest absolute Gasteiger partial charge is 0.399 e. The first-order valence-corrected chi connectivity index (χ1v) is 11.0. The number of hydrogen-bond acceptors (Lipinski definition) is 8. The maximum absolute atomic E-state index is 11.1. The number of aromatic nitrogens is 1. The number of nitro groups is 1. The lowest BCUT2D eigenvalue weighted by Gasteiger charge is -2.28. The van der Waals surface area contributed by atoms with E-state index in [-0.39, 0.29) is 10.6 Å². The molecule has 1 aliphatic carbocycles. The van der Waals surface area contributed by atoms with Gasteiger partial charge in [0.2, 0.25) is 0 Å². The zero-order valence-electron chi connectivity index (χ0n) is 18.8. The number of hydroxylamine groups is 1. The van der Waals surface area contributed by atoms with Gasteiger partial charge in [-0.3, -0.25) is 25.4 Å². The zero-order valence-corrected chi connectivity index (χ0v) is 18.8. The van der Waals surface area contributed by atoms with Gasteiger partial charge >= 0.3 is 0 Å². The van der Waals surface area contributed by atoms with E-state index in [0.717, 1.165) is 77.4 Å². The summed E-state index contributed by atoms with van der Waals surface area (Å²) in [7, 11) is 1.52. The number of anilines is 1. The molecule has 172 valence electrons. The number of fused-ring (bicyclic) bond motifs is 2. The number of non-ortho nitro benzene ring substituents is 1. The van der Waals surface area contributed by atoms with Gasteiger partial charge in [-0.2, -0.15) is 0 Å². The number of nitrogens with zero attached hydrogens (tertiary/aromatic N) is 3. The van der Waals surface area contributed by atoms with Crippen LogP contribution in [0, 0.1) is 10.1 Å². The lowest BCUT2D eigenvalue weighted by molar-refractivity contribution is -0.384. The average Bonchev–Trinajstić information content (AvgIpc) is 2.82. The molecular formula is C24H27N5O4. The number of oxime groups is 1. The Morgan fingerprint density at radius 3 is 3.00 bits per heavy atom. The van der Waals surface area contributed by atoms with Gasteiger partial charge in [0.05, 0.1) is 28.6 Å². The minimum atomic E-state index is -0.369. The van der Waals surface area contributed by atoms with Gasteiger partial charge < -0.3 is 10.2 Å². The predicted molar refractivity (Wildman–Crippen MR) is 126 cm³/mol. The Morgan fingerprint density at radius 1 is 1.30 bits per heavy atom. The summed E-state index contributed by atoms with van der Waals surface area (Å²) in [5.41, 5.74) is 10.6. The first-order chi connectivity index (χ1) is 16.0. The van der Waals surface area contributed by atoms with Gasteiger partial charge in [-0.25, -0.2) is 0 Å². The molecule has 9 nitrogen and oxygen atoms in total. The summed E-state index contributed by atoms with van der Waals surface area (Å²) in [6.07, 6.45) is 6.42. The molecule has 1 aliphatic heterocycles. The topological polar surface area (TPSA) is 111 Å². The van der Waals surface area contributed by atoms with E-state index >= 15 is 0 Å². The van der Waals surface area contributed by atoms with Crippen molar-refractivity contribution < 1.29 is 14.6 Å². The summed E-state index contributed by atoms with van der Waals surface area (Å²) in [5.74, 6) is 0. The molecule has 1 aromatic carbocycles. The molecule has 2 aromatic rings. The highest BCUT2D eigenvalue weighted by Crippen LogP contribution is 2.38. The molecule has 2 aliphatic rings. The first-order valence-electron chi connectivity index (χ1n) is 11.0. The van der Waals surface area contributed by atoms with Crippen molar-refractivity contribution in [2.24, 2.45) is 5.16 Å². The Balaban J connectivity index is 1.34. The molecule has 0 bridgehead atoms. The number of hydrogen-bond donors (Lipinski definition) is 2. The van der Waals surface area contributed by atoms with Gasteiger partial charge in [0.15, 0.2) is 0 Å². The second-order valence-electron chi connectivity index (χ2n) is 7.96. The summed E-state index contributed by atoms with van der Waals surface area (Å²) in [4.78, 5) is 25.9. The molecule has 0 amide bonds. The van der Waals surface area contributed by atoms with E-state index in [1.165, 1.54) is 13.2 Å². The average molecular weight is 450 g/mol. The van der Waals surface area contributed by atoms with Gasteiger partial charge in [-0.15, -0.1) is 0 Å². The lowest BCUT2D eigenvalue weighted by Crippen LogP contribution is -2.24. The van der Waals surface area contributed by atoms with E-state index in [2.05, 4.69) is 20.9 Å². The predicted octanol–water partition coefficient (Wildman–Crippen LogP) is 4.72. The maximum atomic E-state index is 11.1. The van der Waals surface area contributed by atoms with Crippen molar-refractivity contribution in [1.82, 2.24) is 10.5 Å². The van der Waals surface area contributed by atoms with Crippen molar-refractivity contribution in [1.29, 1.82) is 0 Å². The summed E-state index contributed by atoms with van der Waals surface area (Å²) in [6.45, 7) is 2.40. The molecule has 0 fully saturated rings. The van der Waals surface area contributed by atoms with E-state index < -0.39 is 0 Å². The molecule has 1 aromatic heterocycles. The Morgan fingerprint density at radius 2 is 2.18 bits per heavy atom. The van der Waals surface area contributed by atoms with Crippen LogP contribution >= 0.6 is 0 Å². The van der Waals surface area contributed by atoms with E-state index in [9.17, 15) is 10.1 Å². The standard InChI is InChI=1S/C24H27N5O4/c1-16(27-32-2)21-9-4-7-19(25-21)8-5-13-33-28-23-10-3-6-17-14-18-15-20(29(30)31)11-12-22(18)26-24(17)23/h4,7,9,11-12,14-15,26,28H,3,5-6,8,10,13H2,1-2H3. The number of rotatable bonds is 9. The smallest absolute Gasteiger partial charge is 0.270 e. The SMILES string of the molecule is CON=C(C)c1cccc(CCCONC2=C3Nc4ccc([N+](=O)[O-])cc4C=C3CCC2)n1. The Labute approximate surface area is 192 Å². The van der Waals surface area contributed by atoms with E-state index in [1.807, 2.05) is 31.2 Å². The van der Waals surface area contributed by atoms with Crippen LogP contribution < -0.4 is 10.8 Å². The third-order valence-electron chi connectivity index (χ3n) is 5.61. The number of aryl methyl sites for hydroxylation is 1. The van der Waals surface area contributed by atoms with Gasteiger partial charge in [-0.1, -0.05) is 11.2 Å². The molecule has 4 rings (SSSR count). The van der Waals surface area contributed by atoms with Crippen LogP contribution in [0.25, 0.3) is 6.08 Å². The minimum Gasteiger partial charge on any atom is -0.399 e. The molecule has 0 radical (unpaired) electrons. The molecule has 0 spiro atoms. The van der Waals surface area contributed by atoms with Crippen LogP contribution in [-0.2, 0) is 16.1 Å². The summed E-state index contributed by atoms with van der Waals surface area (Å²) < 4.78 is 0. The Hall–Kier alpha value is -3.72. The van der Waals surface area contributed by atoms with Crippen LogP contribution in [0.2, 0.25) is 0 Å². The summed E-state index contributed by atoms with van der Waals surface area (Å²) >= 11 is 0. The van der Waals surface area contributed by atoms with E-state index in [1.54, 1.807) is 12.1 Å². The van der Waals surface area contributed by atoms with Crippen LogP contribution in [0.1, 0.15) is 49.6 Å². The fraction of sp³-hybridized carbons (Fsp3) is 0.333. The van der Waals surface area contributed by atoms with Crippen LogP contribution in [0.5, 0.6) is 0 Å². The Kier molecular flexibility index (Phi) is 6.99. The van der Waals surface area contributed by atoms with Gasteiger partial charge in [-0.05, 0) is 68.9 Å². The van der Waals surface area contributed by atoms with Crippen molar-refractivity contribution in [2.45, 2.75) is 39.0 Å². The molecular weight excluding hydrogens is 422 g/mol. The van der Waals surface area contributed by atoms with Crippen LogP contribution in [0.3, 0.4) is 0 Å². The van der Waals surface area contributed by atoms with E-state index in [0.29, 0.717) is 6.61 Å². The van der Waals surface area contributed by atoms with Crippen LogP contribution in [-0.4, -0.2) is 29.3 Å². The number of allylic oxidation sites excluding steroid dienone is 2. The highest BCUT2D eigenvalue weighted by atomic mass is 16.6. The Bertz CT molecular complexity index is 1140. The monoisotopic (exact) mass is 449 g/mol. The fourth-order valence-electron chi connectivity index (χ4n) is 3.99. The highest BCUT2D eigenvalue weighted by molar-refractivity contribution is 5.96. The van der Waals surface area contributed by atoms with Crippen molar-refractivity contribution >= 4 is 23.2 Å². The van der Waals surface area contributed by atoms with Crippen LogP contribution in [0.15, 0.2) is 58.5 Å². The summed E-state index contributed by atoms with van der Waals surface area (Å²) in [5, 5.41) is 18.4. The third kappa shape index (κ3) is 5.38. The van der Waals surface area contributed by atoms with Gasteiger partial charge in [0, 0.05) is 29.1 Å². The third-order valence-corrected chi connectivity index (χ3v) is 5.61. The van der Waals surface area contributed by atoms with Crippen molar-refractivity contribution in [3.05, 3.63) is 80.4 Å². The van der Waals surface area contributed by atoms with Crippen molar-refractivity contribution in [2.75, 3.05) is 19.0 Å². The number of pyridine rings is 1. The highest BCUT2D eigenvalue weighted by Gasteiger charge is 2.23. The van der Waals surface area contributed by atoms with Gasteiger partial charge in [0.1, 0.15) is 12.8 Å². The minimum absolute atomic E-state index is 0.0958. The van der Waals surface area contributed by atoms with E-state index in [4.69, 9.17) is 9.68 Å². The zero-order chi connectivity index (χ0) is 23.2. The molecule has 9 heteroatoms. The number of nitro benzene ring substituents is 1. The molecule has 0 saturated heterocycles. The molecule has 33 heavy (non-hydrogen) atoms. The molecule has 0 unspecified atom stereocenters. The maximum Gasteiger partial charge on any atom is 0.270 e. The second kappa shape index (κ2) is 10.3. The number of benzene rings is 1. The molecule has 0 saturated carbocycles. The van der Waals surface area contributed by atoms with Crippen molar-refractivity contribution in [3.63, 3.8) is 0 Å². The quantitative estimate of drug-likeness (QED) is 0.247. The number of nitrogens with one attached hydrogen (secondary N) is 2. The van der Waals surface area contributed by atoms with Crippen LogP contribution in [0.4, 0.5) is 11.4 Å². The normalized spacial score (nSPS) is 15.2. The molecule has 2 N–H and O–H groups in total. The molecule has 2 heterocycles. The summed E-state index contributed by atoms with van der Waals surface area (Å²) in [6, 6.07) is 10.7. The molecule has 0 atom stereocenters. The second-order valence-corrected chi connectivity index (χ2v) is 7.96. The van der Waals surface area contributed by atoms with Crippen molar-refractivity contribution in [3.8, 4) is 0 Å². The van der Waals surface area contributed by atoms with Gasteiger partial charge in [0.25, 0.3) is 5.69 Å². The lowest BCUT2D eigenvalue weighted by atomic mass is 9.91. The first kappa shape index (κ1) is 22.5.